The lowest BCUT2D eigenvalue weighted by Crippen LogP contribution is -2.59. The molecule has 0 radical (unpaired) electrons. The Balaban J connectivity index is 5.61. The summed E-state index contributed by atoms with van der Waals surface area (Å²) in [6.45, 7) is 20.0. The Morgan fingerprint density at radius 2 is 0.918 bits per heavy atom. The van der Waals surface area contributed by atoms with Gasteiger partial charge in [0.2, 0.25) is 29.5 Å². The fraction of sp³-hybridized carbons (Fsp3) is 0.829. The lowest BCUT2D eigenvalue weighted by atomic mass is 9.95. The van der Waals surface area contributed by atoms with Crippen LogP contribution in [-0.4, -0.2) is 95.2 Å². The SMILES string of the molecule is COC(=O)C[C@H](O)[C@H](CC(C)C)NC(=O)[C@H](C)NC(=O)C[C@H](O)[C@H](CC(C)C)NC(=O)[C@@H](NC(=O)[C@@H](NC(=O)CC(C)C)C(C)C)C(C)C. The molecular formula is C35H65N5O9. The van der Waals surface area contributed by atoms with Crippen LogP contribution in [0.5, 0.6) is 0 Å². The first-order chi connectivity index (χ1) is 22.6. The Hall–Kier alpha value is -3.26. The highest BCUT2D eigenvalue weighted by molar-refractivity contribution is 5.92. The molecule has 0 aliphatic rings. The molecule has 0 aliphatic heterocycles. The van der Waals surface area contributed by atoms with Crippen molar-refractivity contribution in [1.29, 1.82) is 0 Å². The van der Waals surface area contributed by atoms with E-state index in [1.54, 1.807) is 27.7 Å². The average Bonchev–Trinajstić information content (AvgIpc) is 2.96. The van der Waals surface area contributed by atoms with Crippen molar-refractivity contribution >= 4 is 35.5 Å². The zero-order valence-electron chi connectivity index (χ0n) is 31.7. The van der Waals surface area contributed by atoms with Gasteiger partial charge in [-0.2, -0.15) is 0 Å². The summed E-state index contributed by atoms with van der Waals surface area (Å²) in [5.74, 6) is -3.51. The maximum atomic E-state index is 13.5. The van der Waals surface area contributed by atoms with Crippen LogP contribution in [0.4, 0.5) is 0 Å². The quantitative estimate of drug-likeness (QED) is 0.0816. The summed E-state index contributed by atoms with van der Waals surface area (Å²) in [7, 11) is 1.20. The molecule has 0 saturated carbocycles. The number of carbonyl (C=O) groups is 6. The monoisotopic (exact) mass is 699 g/mol. The number of nitrogens with one attached hydrogen (secondary N) is 5. The van der Waals surface area contributed by atoms with E-state index in [9.17, 15) is 39.0 Å². The third-order valence-corrected chi connectivity index (χ3v) is 7.91. The average molecular weight is 700 g/mol. The summed E-state index contributed by atoms with van der Waals surface area (Å²) in [4.78, 5) is 76.8. The number of methoxy groups -OCH3 is 1. The minimum Gasteiger partial charge on any atom is -0.469 e. The molecule has 284 valence electrons. The molecule has 0 unspecified atom stereocenters. The molecule has 0 bridgehead atoms. The van der Waals surface area contributed by atoms with Crippen LogP contribution in [0.2, 0.25) is 0 Å². The van der Waals surface area contributed by atoms with Gasteiger partial charge in [0.25, 0.3) is 0 Å². The van der Waals surface area contributed by atoms with Gasteiger partial charge in [-0.25, -0.2) is 0 Å². The first kappa shape index (κ1) is 45.7. The van der Waals surface area contributed by atoms with Crippen molar-refractivity contribution in [3.05, 3.63) is 0 Å². The smallest absolute Gasteiger partial charge is 0.308 e. The second kappa shape index (κ2) is 22.5. The Bertz CT molecular complexity index is 1080. The predicted octanol–water partition coefficient (Wildman–Crippen LogP) is 1.56. The fourth-order valence-corrected chi connectivity index (χ4v) is 5.23. The Morgan fingerprint density at radius 3 is 1.35 bits per heavy atom. The van der Waals surface area contributed by atoms with Crippen LogP contribution in [0.3, 0.4) is 0 Å². The third kappa shape index (κ3) is 18.3. The van der Waals surface area contributed by atoms with Crippen LogP contribution in [0.15, 0.2) is 0 Å². The van der Waals surface area contributed by atoms with E-state index in [0.29, 0.717) is 12.8 Å². The minimum absolute atomic E-state index is 0.0237. The first-order valence-electron chi connectivity index (χ1n) is 17.5. The second-order valence-electron chi connectivity index (χ2n) is 15.0. The van der Waals surface area contributed by atoms with E-state index in [2.05, 4.69) is 31.3 Å². The highest BCUT2D eigenvalue weighted by atomic mass is 16.5. The molecule has 0 fully saturated rings. The van der Waals surface area contributed by atoms with Gasteiger partial charge in [-0.05, 0) is 49.4 Å². The van der Waals surface area contributed by atoms with Crippen LogP contribution in [0, 0.1) is 29.6 Å². The number of aliphatic hydroxyl groups excluding tert-OH is 2. The van der Waals surface area contributed by atoms with Gasteiger partial charge >= 0.3 is 5.97 Å². The molecule has 0 aromatic heterocycles. The molecule has 49 heavy (non-hydrogen) atoms. The molecule has 0 aromatic rings. The summed E-state index contributed by atoms with van der Waals surface area (Å²) >= 11 is 0. The van der Waals surface area contributed by atoms with E-state index < -0.39 is 78.4 Å². The zero-order chi connectivity index (χ0) is 38.2. The van der Waals surface area contributed by atoms with Crippen LogP contribution in [0.1, 0.15) is 108 Å². The maximum Gasteiger partial charge on any atom is 0.308 e. The first-order valence-corrected chi connectivity index (χ1v) is 17.5. The van der Waals surface area contributed by atoms with Gasteiger partial charge < -0.3 is 41.5 Å². The summed E-state index contributed by atoms with van der Waals surface area (Å²) in [5.41, 5.74) is 0. The third-order valence-electron chi connectivity index (χ3n) is 7.91. The van der Waals surface area contributed by atoms with Gasteiger partial charge in [-0.3, -0.25) is 28.8 Å². The van der Waals surface area contributed by atoms with Crippen LogP contribution < -0.4 is 26.6 Å². The van der Waals surface area contributed by atoms with Gasteiger partial charge in [0.15, 0.2) is 0 Å². The van der Waals surface area contributed by atoms with E-state index in [1.165, 1.54) is 14.0 Å². The number of hydrogen-bond donors (Lipinski definition) is 7. The van der Waals surface area contributed by atoms with Gasteiger partial charge in [0.05, 0.1) is 44.2 Å². The van der Waals surface area contributed by atoms with E-state index >= 15 is 0 Å². The van der Waals surface area contributed by atoms with Crippen LogP contribution >= 0.6 is 0 Å². The molecule has 5 amide bonds. The number of amides is 5. The van der Waals surface area contributed by atoms with Gasteiger partial charge in [0, 0.05) is 6.42 Å². The lowest BCUT2D eigenvalue weighted by Gasteiger charge is -2.31. The van der Waals surface area contributed by atoms with E-state index in [1.807, 2.05) is 41.5 Å². The maximum absolute atomic E-state index is 13.5. The van der Waals surface area contributed by atoms with Gasteiger partial charge in [-0.1, -0.05) is 69.2 Å². The molecule has 0 saturated heterocycles. The normalized spacial score (nSPS) is 16.0. The molecule has 0 aromatic carbocycles. The van der Waals surface area contributed by atoms with Crippen molar-refractivity contribution in [3.63, 3.8) is 0 Å². The van der Waals surface area contributed by atoms with E-state index in [4.69, 9.17) is 0 Å². The molecule has 14 nitrogen and oxygen atoms in total. The highest BCUT2D eigenvalue weighted by Gasteiger charge is 2.34. The van der Waals surface area contributed by atoms with Gasteiger partial charge in [-0.15, -0.1) is 0 Å². The van der Waals surface area contributed by atoms with Gasteiger partial charge in [0.1, 0.15) is 18.1 Å². The number of hydrogen-bond acceptors (Lipinski definition) is 9. The molecule has 7 atom stereocenters. The minimum atomic E-state index is -1.32. The number of carbonyl (C=O) groups excluding carboxylic acids is 6. The Labute approximate surface area is 293 Å². The molecule has 14 heteroatoms. The number of ether oxygens (including phenoxy) is 1. The number of aliphatic hydroxyl groups is 2. The molecule has 0 spiro atoms. The van der Waals surface area contributed by atoms with Crippen molar-refractivity contribution in [2.24, 2.45) is 29.6 Å². The zero-order valence-corrected chi connectivity index (χ0v) is 31.7. The largest absolute Gasteiger partial charge is 0.469 e. The Morgan fingerprint density at radius 1 is 0.510 bits per heavy atom. The molecule has 7 N–H and O–H groups in total. The summed E-state index contributed by atoms with van der Waals surface area (Å²) in [5, 5.41) is 35.2. The molecular weight excluding hydrogens is 634 g/mol. The summed E-state index contributed by atoms with van der Waals surface area (Å²) in [6.07, 6.45) is -2.28. The topological polar surface area (TPSA) is 212 Å². The standard InChI is InChI=1S/C35H65N5O9/c1-18(2)13-24(38-34(47)32(22(9)10)40-35(48)31(21(7)8)39-28(43)15-20(5)6)26(41)16-29(44)36-23(11)33(46)37-25(14-19(3)4)27(42)17-30(45)49-12/h18-27,31-32,41-42H,13-17H2,1-12H3,(H,36,44)(H,37,46)(H,38,47)(H,39,43)(H,40,48)/t23-,24-,25-,26-,27-,31-,32-/m0/s1. The van der Waals surface area contributed by atoms with E-state index in [0.717, 1.165) is 0 Å². The highest BCUT2D eigenvalue weighted by Crippen LogP contribution is 2.15. The Kier molecular flexibility index (Phi) is 21.0. The molecule has 0 heterocycles. The van der Waals surface area contributed by atoms with Crippen molar-refractivity contribution in [3.8, 4) is 0 Å². The molecule has 0 rings (SSSR count). The second-order valence-corrected chi connectivity index (χ2v) is 15.0. The fourth-order valence-electron chi connectivity index (χ4n) is 5.23. The lowest BCUT2D eigenvalue weighted by molar-refractivity contribution is -0.144. The van der Waals surface area contributed by atoms with Crippen molar-refractivity contribution in [1.82, 2.24) is 26.6 Å². The summed E-state index contributed by atoms with van der Waals surface area (Å²) in [6, 6.07) is -4.48. The van der Waals surface area contributed by atoms with Crippen molar-refractivity contribution < 1.29 is 43.7 Å². The predicted molar refractivity (Wildman–Crippen MR) is 187 cm³/mol. The molecule has 0 aliphatic carbocycles. The summed E-state index contributed by atoms with van der Waals surface area (Å²) < 4.78 is 4.62. The van der Waals surface area contributed by atoms with Crippen molar-refractivity contribution in [2.45, 2.75) is 151 Å². The van der Waals surface area contributed by atoms with Crippen LogP contribution in [-0.2, 0) is 33.5 Å². The number of rotatable bonds is 22. The van der Waals surface area contributed by atoms with E-state index in [-0.39, 0.29) is 48.3 Å². The van der Waals surface area contributed by atoms with Crippen molar-refractivity contribution in [2.75, 3.05) is 7.11 Å². The number of esters is 1. The van der Waals surface area contributed by atoms with Crippen LogP contribution in [0.25, 0.3) is 0 Å².